The van der Waals surface area contributed by atoms with Crippen molar-refractivity contribution in [1.82, 2.24) is 10.6 Å². The summed E-state index contributed by atoms with van der Waals surface area (Å²) in [5.41, 5.74) is 0. The molecular formula is C26H53N2O8P. The van der Waals surface area contributed by atoms with E-state index in [0.717, 1.165) is 24.7 Å². The van der Waals surface area contributed by atoms with Crippen LogP contribution in [-0.4, -0.2) is 87.5 Å². The van der Waals surface area contributed by atoms with E-state index in [-0.39, 0.29) is 25.5 Å². The maximum absolute atomic E-state index is 12.3. The number of nitrogens with one attached hydrogen (secondary N) is 2. The summed E-state index contributed by atoms with van der Waals surface area (Å²) in [5, 5.41) is 44.7. The second-order valence-corrected chi connectivity index (χ2v) is 13.4. The zero-order chi connectivity index (χ0) is 28.0. The molecule has 0 aromatic heterocycles. The Morgan fingerprint density at radius 1 is 0.973 bits per heavy atom. The fraction of sp³-hybridized carbons (Fsp3) is 0.962. The molecule has 0 aromatic rings. The maximum Gasteiger partial charge on any atom is 0.330 e. The quantitative estimate of drug-likeness (QED) is 0.0884. The van der Waals surface area contributed by atoms with Gasteiger partial charge in [0, 0.05) is 19.0 Å². The monoisotopic (exact) mass is 552 g/mol. The van der Waals surface area contributed by atoms with Gasteiger partial charge in [-0.2, -0.15) is 0 Å². The topological polar surface area (TPSA) is 169 Å². The van der Waals surface area contributed by atoms with Gasteiger partial charge in [-0.05, 0) is 30.6 Å². The summed E-state index contributed by atoms with van der Waals surface area (Å²) in [7, 11) is -4.07. The molecule has 37 heavy (non-hydrogen) atoms. The highest BCUT2D eigenvalue weighted by Gasteiger charge is 2.41. The Morgan fingerprint density at radius 3 is 2.16 bits per heavy atom. The van der Waals surface area contributed by atoms with E-state index in [1.165, 1.54) is 25.7 Å². The summed E-state index contributed by atoms with van der Waals surface area (Å²) in [6, 6.07) is -1.42. The highest BCUT2D eigenvalue weighted by Crippen LogP contribution is 2.43. The third kappa shape index (κ3) is 15.0. The van der Waals surface area contributed by atoms with Crippen LogP contribution in [0.25, 0.3) is 0 Å². The van der Waals surface area contributed by atoms with Gasteiger partial charge in [-0.25, -0.2) is 0 Å². The first-order chi connectivity index (χ1) is 17.3. The van der Waals surface area contributed by atoms with E-state index < -0.39 is 44.2 Å². The Hall–Kier alpha value is -0.580. The van der Waals surface area contributed by atoms with Crippen molar-refractivity contribution in [2.75, 3.05) is 25.9 Å². The van der Waals surface area contributed by atoms with E-state index in [4.69, 9.17) is 4.52 Å². The van der Waals surface area contributed by atoms with Gasteiger partial charge in [-0.15, -0.1) is 0 Å². The number of carbonyl (C=O) groups is 1. The van der Waals surface area contributed by atoms with Crippen LogP contribution in [0.15, 0.2) is 0 Å². The molecule has 11 heteroatoms. The van der Waals surface area contributed by atoms with Crippen molar-refractivity contribution in [2.24, 2.45) is 17.8 Å². The first-order valence-corrected chi connectivity index (χ1v) is 15.7. The van der Waals surface area contributed by atoms with Gasteiger partial charge in [0.05, 0.1) is 43.7 Å². The minimum absolute atomic E-state index is 0.0360. The standard InChI is InChI=1S/C26H53N2O8P/c1-18(2)8-5-9-19(3)10-6-11-20(4)14-24(31)27-12-7-13-36-37(34,35)17-21(30)15-22-25(32)26(33)23(16-29)28-22/h18-23,25-26,28-30,32-33H,5-17H2,1-4H3,(H,27,31)(H,34,35)/t19?,20?,21-,22-,23-,25-,26-/m1/s1. The van der Waals surface area contributed by atoms with Crippen molar-refractivity contribution in [3.05, 3.63) is 0 Å². The SMILES string of the molecule is CC(C)CCCC(C)CCCC(C)CC(=O)NCCCOP(=O)(O)C[C@H](O)C[C@H]1N[C@H](CO)[C@@H](O)[C@@H]1O. The van der Waals surface area contributed by atoms with E-state index in [1.54, 1.807) is 0 Å². The van der Waals surface area contributed by atoms with Gasteiger partial charge < -0.3 is 40.5 Å². The van der Waals surface area contributed by atoms with E-state index in [0.29, 0.717) is 25.3 Å². The van der Waals surface area contributed by atoms with Crippen LogP contribution in [0.3, 0.4) is 0 Å². The molecule has 7 N–H and O–H groups in total. The second kappa shape index (κ2) is 17.9. The molecule has 1 fully saturated rings. The lowest BCUT2D eigenvalue weighted by atomic mass is 9.92. The summed E-state index contributed by atoms with van der Waals surface area (Å²) >= 11 is 0. The molecule has 1 aliphatic heterocycles. The van der Waals surface area contributed by atoms with Crippen molar-refractivity contribution in [3.8, 4) is 0 Å². The molecule has 8 atom stereocenters. The average Bonchev–Trinajstić information content (AvgIpc) is 3.05. The summed E-state index contributed by atoms with van der Waals surface area (Å²) in [4.78, 5) is 22.2. The number of rotatable bonds is 20. The molecule has 1 amide bonds. The predicted octanol–water partition coefficient (Wildman–Crippen LogP) is 2.16. The third-order valence-corrected chi connectivity index (χ3v) is 8.58. The zero-order valence-corrected chi connectivity index (χ0v) is 24.1. The van der Waals surface area contributed by atoms with Crippen LogP contribution in [0.5, 0.6) is 0 Å². The predicted molar refractivity (Wildman–Crippen MR) is 144 cm³/mol. The lowest BCUT2D eigenvalue weighted by molar-refractivity contribution is -0.121. The van der Waals surface area contributed by atoms with E-state index in [9.17, 15) is 34.7 Å². The molecule has 3 unspecified atom stereocenters. The molecule has 1 saturated heterocycles. The van der Waals surface area contributed by atoms with Crippen LogP contribution in [0.1, 0.15) is 85.5 Å². The van der Waals surface area contributed by atoms with Crippen molar-refractivity contribution in [1.29, 1.82) is 0 Å². The fourth-order valence-electron chi connectivity index (χ4n) is 4.83. The molecule has 0 spiro atoms. The number of hydrogen-bond acceptors (Lipinski definition) is 8. The molecule has 10 nitrogen and oxygen atoms in total. The van der Waals surface area contributed by atoms with Gasteiger partial charge in [0.15, 0.2) is 0 Å². The Balaban J connectivity index is 2.14. The van der Waals surface area contributed by atoms with Gasteiger partial charge in [-0.1, -0.05) is 66.2 Å². The van der Waals surface area contributed by atoms with Crippen LogP contribution < -0.4 is 10.6 Å². The smallest absolute Gasteiger partial charge is 0.330 e. The van der Waals surface area contributed by atoms with Crippen molar-refractivity contribution in [3.63, 3.8) is 0 Å². The van der Waals surface area contributed by atoms with Gasteiger partial charge in [0.2, 0.25) is 5.91 Å². The van der Waals surface area contributed by atoms with Crippen LogP contribution >= 0.6 is 7.60 Å². The van der Waals surface area contributed by atoms with E-state index in [1.807, 2.05) is 0 Å². The number of amides is 1. The van der Waals surface area contributed by atoms with Gasteiger partial charge in [0.1, 0.15) is 0 Å². The van der Waals surface area contributed by atoms with Crippen LogP contribution in [-0.2, 0) is 13.9 Å². The molecule has 1 heterocycles. The van der Waals surface area contributed by atoms with E-state index in [2.05, 4.69) is 38.3 Å². The van der Waals surface area contributed by atoms with Gasteiger partial charge in [-0.3, -0.25) is 9.36 Å². The summed E-state index contributed by atoms with van der Waals surface area (Å²) < 4.78 is 17.3. The molecule has 1 aliphatic rings. The Bertz CT molecular complexity index is 683. The number of aliphatic hydroxyl groups excluding tert-OH is 4. The minimum Gasteiger partial charge on any atom is -0.395 e. The Labute approximate surface area is 223 Å². The second-order valence-electron chi connectivity index (χ2n) is 11.5. The van der Waals surface area contributed by atoms with Crippen LogP contribution in [0, 0.1) is 17.8 Å². The summed E-state index contributed by atoms with van der Waals surface area (Å²) in [6.07, 6.45) is 3.80. The lowest BCUT2D eigenvalue weighted by Gasteiger charge is -2.21. The maximum atomic E-state index is 12.3. The first kappa shape index (κ1) is 34.4. The Morgan fingerprint density at radius 2 is 1.57 bits per heavy atom. The Kier molecular flexibility index (Phi) is 16.7. The van der Waals surface area contributed by atoms with Crippen LogP contribution in [0.2, 0.25) is 0 Å². The average molecular weight is 553 g/mol. The lowest BCUT2D eigenvalue weighted by Crippen LogP contribution is -2.38. The van der Waals surface area contributed by atoms with Gasteiger partial charge in [0.25, 0.3) is 0 Å². The molecule has 0 aliphatic carbocycles. The van der Waals surface area contributed by atoms with Crippen molar-refractivity contribution >= 4 is 13.5 Å². The number of hydrogen-bond donors (Lipinski definition) is 7. The molecule has 0 bridgehead atoms. The molecule has 220 valence electrons. The minimum atomic E-state index is -4.07. The zero-order valence-electron chi connectivity index (χ0n) is 23.2. The van der Waals surface area contributed by atoms with Crippen molar-refractivity contribution in [2.45, 2.75) is 116 Å². The number of carbonyl (C=O) groups excluding carboxylic acids is 1. The molecule has 0 aromatic carbocycles. The third-order valence-electron chi connectivity index (χ3n) is 7.11. The van der Waals surface area contributed by atoms with Crippen LogP contribution in [0.4, 0.5) is 0 Å². The normalized spacial score (nSPS) is 26.1. The largest absolute Gasteiger partial charge is 0.395 e. The van der Waals surface area contributed by atoms with Crippen molar-refractivity contribution < 1.29 is 39.2 Å². The number of aliphatic hydroxyl groups is 4. The van der Waals surface area contributed by atoms with Gasteiger partial charge >= 0.3 is 7.60 Å². The fourth-order valence-corrected chi connectivity index (χ4v) is 6.04. The molecular weight excluding hydrogens is 499 g/mol. The first-order valence-electron chi connectivity index (χ1n) is 14.0. The molecule has 1 rings (SSSR count). The van der Waals surface area contributed by atoms with E-state index >= 15 is 0 Å². The summed E-state index contributed by atoms with van der Waals surface area (Å²) in [5.74, 6) is 1.75. The molecule has 0 radical (unpaired) electrons. The molecule has 0 saturated carbocycles. The summed E-state index contributed by atoms with van der Waals surface area (Å²) in [6.45, 7) is 8.83. The highest BCUT2D eigenvalue weighted by molar-refractivity contribution is 7.52. The highest BCUT2D eigenvalue weighted by atomic mass is 31.2.